The lowest BCUT2D eigenvalue weighted by Gasteiger charge is -2.20. The molecule has 0 bridgehead atoms. The maximum atomic E-state index is 12.0. The van der Waals surface area contributed by atoms with E-state index in [-0.39, 0.29) is 24.6 Å². The summed E-state index contributed by atoms with van der Waals surface area (Å²) in [5, 5.41) is 14.7. The van der Waals surface area contributed by atoms with Gasteiger partial charge in [-0.25, -0.2) is 4.79 Å². The largest absolute Gasteiger partial charge is 0.396 e. The first-order valence-corrected chi connectivity index (χ1v) is 7.23. The number of methoxy groups -OCH3 is 1. The molecule has 1 aromatic carbocycles. The number of hydrogen-bond acceptors (Lipinski definition) is 3. The van der Waals surface area contributed by atoms with Crippen molar-refractivity contribution in [1.29, 1.82) is 0 Å². The normalized spacial score (nSPS) is 13.7. The van der Waals surface area contributed by atoms with E-state index in [1.807, 2.05) is 32.0 Å². The van der Waals surface area contributed by atoms with E-state index in [4.69, 9.17) is 9.84 Å². The van der Waals surface area contributed by atoms with Crippen molar-refractivity contribution >= 4 is 27.6 Å². The Morgan fingerprint density at radius 3 is 2.75 bits per heavy atom. The number of hydrogen-bond donors (Lipinski definition) is 3. The van der Waals surface area contributed by atoms with Crippen LogP contribution < -0.4 is 10.6 Å². The number of halogens is 1. The maximum Gasteiger partial charge on any atom is 0.319 e. The third kappa shape index (κ3) is 4.77. The SMILES string of the molecule is COCc1c(Br)cccc1NC(=O)N[C@H](C)[C@@H](C)CO. The van der Waals surface area contributed by atoms with Crippen molar-refractivity contribution in [3.8, 4) is 0 Å². The second kappa shape index (κ2) is 8.24. The molecule has 2 atom stereocenters. The first-order valence-electron chi connectivity index (χ1n) is 6.44. The van der Waals surface area contributed by atoms with Crippen molar-refractivity contribution in [3.63, 3.8) is 0 Å². The Morgan fingerprint density at radius 2 is 2.15 bits per heavy atom. The van der Waals surface area contributed by atoms with Crippen molar-refractivity contribution in [3.05, 3.63) is 28.2 Å². The van der Waals surface area contributed by atoms with Crippen LogP contribution >= 0.6 is 15.9 Å². The Labute approximate surface area is 127 Å². The first kappa shape index (κ1) is 16.9. The van der Waals surface area contributed by atoms with E-state index < -0.39 is 0 Å². The number of aliphatic hydroxyl groups excluding tert-OH is 1. The van der Waals surface area contributed by atoms with Crippen molar-refractivity contribution < 1.29 is 14.6 Å². The fourth-order valence-corrected chi connectivity index (χ4v) is 2.11. The monoisotopic (exact) mass is 344 g/mol. The highest BCUT2D eigenvalue weighted by atomic mass is 79.9. The Morgan fingerprint density at radius 1 is 1.45 bits per heavy atom. The molecule has 0 aromatic heterocycles. The van der Waals surface area contributed by atoms with Crippen LogP contribution in [0, 0.1) is 5.92 Å². The van der Waals surface area contributed by atoms with E-state index in [9.17, 15) is 4.79 Å². The van der Waals surface area contributed by atoms with Gasteiger partial charge in [-0.1, -0.05) is 28.9 Å². The van der Waals surface area contributed by atoms with Crippen molar-refractivity contribution in [2.45, 2.75) is 26.5 Å². The Bertz CT molecular complexity index is 454. The molecule has 0 aliphatic carbocycles. The second-order valence-electron chi connectivity index (χ2n) is 4.75. The van der Waals surface area contributed by atoms with Gasteiger partial charge in [0.1, 0.15) is 0 Å². The Balaban J connectivity index is 2.73. The van der Waals surface area contributed by atoms with Crippen LogP contribution in [0.5, 0.6) is 0 Å². The molecule has 3 N–H and O–H groups in total. The number of benzene rings is 1. The van der Waals surface area contributed by atoms with Crippen LogP contribution in [-0.4, -0.2) is 30.9 Å². The first-order chi connectivity index (χ1) is 9.49. The van der Waals surface area contributed by atoms with Gasteiger partial charge in [0, 0.05) is 35.5 Å². The summed E-state index contributed by atoms with van der Waals surface area (Å²) in [4.78, 5) is 12.0. The lowest BCUT2D eigenvalue weighted by molar-refractivity contribution is 0.185. The van der Waals surface area contributed by atoms with E-state index in [0.29, 0.717) is 12.3 Å². The number of rotatable bonds is 6. The highest BCUT2D eigenvalue weighted by molar-refractivity contribution is 9.10. The summed E-state index contributed by atoms with van der Waals surface area (Å²) in [6.45, 7) is 4.17. The molecule has 5 nitrogen and oxygen atoms in total. The third-order valence-electron chi connectivity index (χ3n) is 3.16. The highest BCUT2D eigenvalue weighted by Crippen LogP contribution is 2.25. The number of carbonyl (C=O) groups excluding carboxylic acids is 1. The molecule has 1 rings (SSSR count). The van der Waals surface area contributed by atoms with Gasteiger partial charge in [0.05, 0.1) is 6.61 Å². The van der Waals surface area contributed by atoms with Crippen molar-refractivity contribution in [2.24, 2.45) is 5.92 Å². The lowest BCUT2D eigenvalue weighted by Crippen LogP contribution is -2.41. The Kier molecular flexibility index (Phi) is 6.98. The van der Waals surface area contributed by atoms with E-state index in [2.05, 4.69) is 26.6 Å². The van der Waals surface area contributed by atoms with Gasteiger partial charge < -0.3 is 20.5 Å². The zero-order chi connectivity index (χ0) is 15.1. The highest BCUT2D eigenvalue weighted by Gasteiger charge is 2.15. The van der Waals surface area contributed by atoms with Crippen LogP contribution in [0.1, 0.15) is 19.4 Å². The van der Waals surface area contributed by atoms with E-state index in [1.165, 1.54) is 0 Å². The molecule has 0 aliphatic rings. The predicted octanol–water partition coefficient (Wildman–Crippen LogP) is 2.73. The number of ether oxygens (including phenoxy) is 1. The van der Waals surface area contributed by atoms with Crippen LogP contribution in [0.2, 0.25) is 0 Å². The van der Waals surface area contributed by atoms with Crippen molar-refractivity contribution in [2.75, 3.05) is 19.0 Å². The number of urea groups is 1. The van der Waals surface area contributed by atoms with Gasteiger partial charge in [0.15, 0.2) is 0 Å². The average molecular weight is 345 g/mol. The number of nitrogens with one attached hydrogen (secondary N) is 2. The van der Waals surface area contributed by atoms with Crippen LogP contribution in [0.25, 0.3) is 0 Å². The zero-order valence-electron chi connectivity index (χ0n) is 11.9. The van der Waals surface area contributed by atoms with Crippen molar-refractivity contribution in [1.82, 2.24) is 5.32 Å². The molecule has 1 aromatic rings. The molecule has 0 saturated heterocycles. The van der Waals surface area contributed by atoms with Gasteiger partial charge in [-0.05, 0) is 25.0 Å². The number of aliphatic hydroxyl groups is 1. The molecule has 0 spiro atoms. The summed E-state index contributed by atoms with van der Waals surface area (Å²) in [5.41, 5.74) is 1.58. The molecule has 2 amide bonds. The summed E-state index contributed by atoms with van der Waals surface area (Å²) < 4.78 is 6.02. The fraction of sp³-hybridized carbons (Fsp3) is 0.500. The standard InChI is InChI=1S/C14H21BrN2O3/c1-9(7-18)10(2)16-14(19)17-13-6-4-5-12(15)11(13)8-20-3/h4-6,9-10,18H,7-8H2,1-3H3,(H2,16,17,19)/t9-,10+/m0/s1. The minimum absolute atomic E-state index is 0.00158. The predicted molar refractivity (Wildman–Crippen MR) is 82.7 cm³/mol. The lowest BCUT2D eigenvalue weighted by atomic mass is 10.1. The maximum absolute atomic E-state index is 12.0. The van der Waals surface area contributed by atoms with Crippen LogP contribution in [0.4, 0.5) is 10.5 Å². The molecule has 0 aliphatic heterocycles. The molecule has 0 saturated carbocycles. The second-order valence-corrected chi connectivity index (χ2v) is 5.60. The molecule has 0 heterocycles. The molecular weight excluding hydrogens is 324 g/mol. The number of amides is 2. The number of anilines is 1. The smallest absolute Gasteiger partial charge is 0.319 e. The summed E-state index contributed by atoms with van der Waals surface area (Å²) in [5.74, 6) is 0.00158. The molecule has 0 fully saturated rings. The average Bonchev–Trinajstić information content (AvgIpc) is 2.41. The van der Waals surface area contributed by atoms with Gasteiger partial charge in [-0.2, -0.15) is 0 Å². The summed E-state index contributed by atoms with van der Waals surface area (Å²) in [7, 11) is 1.61. The summed E-state index contributed by atoms with van der Waals surface area (Å²) >= 11 is 3.44. The van der Waals surface area contributed by atoms with E-state index in [1.54, 1.807) is 7.11 Å². The zero-order valence-corrected chi connectivity index (χ0v) is 13.5. The van der Waals surface area contributed by atoms with Gasteiger partial charge in [-0.15, -0.1) is 0 Å². The fourth-order valence-electron chi connectivity index (χ4n) is 1.63. The summed E-state index contributed by atoms with van der Waals surface area (Å²) in [6.07, 6.45) is 0. The molecule has 6 heteroatoms. The van der Waals surface area contributed by atoms with Crippen LogP contribution in [-0.2, 0) is 11.3 Å². The van der Waals surface area contributed by atoms with Gasteiger partial charge >= 0.3 is 6.03 Å². The van der Waals surface area contributed by atoms with Gasteiger partial charge in [-0.3, -0.25) is 0 Å². The van der Waals surface area contributed by atoms with Crippen LogP contribution in [0.15, 0.2) is 22.7 Å². The summed E-state index contributed by atoms with van der Waals surface area (Å²) in [6, 6.07) is 5.15. The van der Waals surface area contributed by atoms with Crippen LogP contribution in [0.3, 0.4) is 0 Å². The minimum atomic E-state index is -0.298. The third-order valence-corrected chi connectivity index (χ3v) is 3.90. The molecular formula is C14H21BrN2O3. The molecule has 112 valence electrons. The van der Waals surface area contributed by atoms with Gasteiger partial charge in [0.25, 0.3) is 0 Å². The molecule has 0 unspecified atom stereocenters. The topological polar surface area (TPSA) is 70.6 Å². The molecule has 20 heavy (non-hydrogen) atoms. The number of carbonyl (C=O) groups is 1. The van der Waals surface area contributed by atoms with E-state index in [0.717, 1.165) is 10.0 Å². The molecule has 0 radical (unpaired) electrons. The Hall–Kier alpha value is -1.11. The van der Waals surface area contributed by atoms with E-state index >= 15 is 0 Å². The quantitative estimate of drug-likeness (QED) is 0.742. The minimum Gasteiger partial charge on any atom is -0.396 e. The van der Waals surface area contributed by atoms with Gasteiger partial charge in [0.2, 0.25) is 0 Å².